The van der Waals surface area contributed by atoms with Crippen molar-refractivity contribution in [1.29, 1.82) is 0 Å². The van der Waals surface area contributed by atoms with Crippen LogP contribution in [0.4, 0.5) is 0 Å². The van der Waals surface area contributed by atoms with Gasteiger partial charge in [-0.25, -0.2) is 0 Å². The predicted molar refractivity (Wildman–Crippen MR) is 39.3 cm³/mol. The number of ether oxygens (including phenoxy) is 1. The third kappa shape index (κ3) is 2.59. The molecule has 1 aromatic heterocycles. The van der Waals surface area contributed by atoms with E-state index in [9.17, 15) is 4.79 Å². The highest BCUT2D eigenvalue weighted by Crippen LogP contribution is 1.98. The molecule has 0 atom stereocenters. The summed E-state index contributed by atoms with van der Waals surface area (Å²) in [5, 5.41) is 2.18. The Kier molecular flexibility index (Phi) is 2.48. The molecule has 0 fully saturated rings. The maximum Gasteiger partial charge on any atom is 0.280 e. The highest BCUT2D eigenvalue weighted by atomic mass is 16.5. The maximum atomic E-state index is 10.5. The largest absolute Gasteiger partial charge is 0.381 e. The van der Waals surface area contributed by atoms with Crippen LogP contribution in [-0.4, -0.2) is 11.3 Å². The van der Waals surface area contributed by atoms with Crippen LogP contribution in [0.3, 0.4) is 0 Å². The van der Waals surface area contributed by atoms with Gasteiger partial charge in [0.25, 0.3) is 5.56 Å². The molecule has 0 amide bonds. The van der Waals surface area contributed by atoms with Gasteiger partial charge in [-0.2, -0.15) is 5.16 Å². The van der Waals surface area contributed by atoms with Crippen molar-refractivity contribution in [2.24, 2.45) is 0 Å². The molecule has 4 heteroatoms. The molecule has 0 radical (unpaired) electrons. The van der Waals surface area contributed by atoms with E-state index in [1.54, 1.807) is 0 Å². The van der Waals surface area contributed by atoms with E-state index in [-0.39, 0.29) is 11.7 Å². The van der Waals surface area contributed by atoms with E-state index in [4.69, 9.17) is 9.26 Å². The van der Waals surface area contributed by atoms with Crippen LogP contribution in [0.1, 0.15) is 19.6 Å². The summed E-state index contributed by atoms with van der Waals surface area (Å²) in [4.78, 5) is 10.5. The Bertz CT molecular complexity index is 261. The van der Waals surface area contributed by atoms with Gasteiger partial charge in [-0.3, -0.25) is 4.79 Å². The van der Waals surface area contributed by atoms with Crippen molar-refractivity contribution < 1.29 is 9.26 Å². The molecule has 4 nitrogen and oxygen atoms in total. The minimum atomic E-state index is -0.229. The van der Waals surface area contributed by atoms with Gasteiger partial charge in [-0.1, -0.05) is 0 Å². The second-order valence-electron chi connectivity index (χ2n) is 2.54. The quantitative estimate of drug-likeness (QED) is 0.709. The first kappa shape index (κ1) is 8.07. The van der Waals surface area contributed by atoms with Crippen molar-refractivity contribution >= 4 is 0 Å². The molecule has 1 rings (SSSR count). The highest BCUT2D eigenvalue weighted by molar-refractivity contribution is 4.91. The molecule has 1 heterocycles. The standard InChI is InChI=1S/C7H11NO3/c1-5(2)10-4-6-3-7(9)8-11-6/h3,5H,4H2,1-2H3,(H,8,9). The fourth-order valence-electron chi connectivity index (χ4n) is 0.641. The average molecular weight is 157 g/mol. The zero-order valence-corrected chi connectivity index (χ0v) is 6.59. The smallest absolute Gasteiger partial charge is 0.280 e. The van der Waals surface area contributed by atoms with Gasteiger partial charge < -0.3 is 9.26 Å². The molecule has 0 unspecified atom stereocenters. The minimum Gasteiger partial charge on any atom is -0.381 e. The Hall–Kier alpha value is -1.03. The monoisotopic (exact) mass is 157 g/mol. The van der Waals surface area contributed by atoms with Crippen molar-refractivity contribution in [3.05, 3.63) is 22.2 Å². The molecule has 0 aliphatic carbocycles. The van der Waals surface area contributed by atoms with Crippen LogP contribution >= 0.6 is 0 Å². The van der Waals surface area contributed by atoms with E-state index in [1.807, 2.05) is 13.8 Å². The molecule has 0 spiro atoms. The second-order valence-corrected chi connectivity index (χ2v) is 2.54. The summed E-state index contributed by atoms with van der Waals surface area (Å²) in [7, 11) is 0. The third-order valence-corrected chi connectivity index (χ3v) is 1.13. The summed E-state index contributed by atoms with van der Waals surface area (Å²) in [6.07, 6.45) is 0.148. The second kappa shape index (κ2) is 3.39. The summed E-state index contributed by atoms with van der Waals surface area (Å²) in [6, 6.07) is 1.38. The lowest BCUT2D eigenvalue weighted by Crippen LogP contribution is -2.01. The van der Waals surface area contributed by atoms with Gasteiger partial charge in [-0.05, 0) is 13.8 Å². The van der Waals surface area contributed by atoms with Gasteiger partial charge in [0.2, 0.25) is 0 Å². The molecule has 11 heavy (non-hydrogen) atoms. The molecule has 0 saturated carbocycles. The summed E-state index contributed by atoms with van der Waals surface area (Å²) < 4.78 is 9.94. The molecular formula is C7H11NO3. The van der Waals surface area contributed by atoms with Crippen molar-refractivity contribution in [2.45, 2.75) is 26.6 Å². The molecule has 1 aromatic rings. The Balaban J connectivity index is 2.45. The van der Waals surface area contributed by atoms with Gasteiger partial charge in [-0.15, -0.1) is 0 Å². The van der Waals surface area contributed by atoms with Gasteiger partial charge >= 0.3 is 0 Å². The van der Waals surface area contributed by atoms with E-state index in [1.165, 1.54) is 6.07 Å². The number of hydrogen-bond acceptors (Lipinski definition) is 3. The number of H-pyrrole nitrogens is 1. The van der Waals surface area contributed by atoms with Crippen LogP contribution in [0.2, 0.25) is 0 Å². The first-order chi connectivity index (χ1) is 5.18. The fraction of sp³-hybridized carbons (Fsp3) is 0.571. The first-order valence-corrected chi connectivity index (χ1v) is 3.47. The van der Waals surface area contributed by atoms with Gasteiger partial charge in [0, 0.05) is 6.07 Å². The molecule has 0 saturated heterocycles. The van der Waals surface area contributed by atoms with E-state index in [2.05, 4.69) is 5.16 Å². The zero-order valence-electron chi connectivity index (χ0n) is 6.59. The molecule has 62 valence electrons. The van der Waals surface area contributed by atoms with E-state index in [0.717, 1.165) is 0 Å². The molecule has 0 aliphatic heterocycles. The minimum absolute atomic E-state index is 0.148. The average Bonchev–Trinajstić information content (AvgIpc) is 2.31. The number of aromatic nitrogens is 1. The van der Waals surface area contributed by atoms with E-state index < -0.39 is 0 Å². The third-order valence-electron chi connectivity index (χ3n) is 1.13. The summed E-state index contributed by atoms with van der Waals surface area (Å²) >= 11 is 0. The van der Waals surface area contributed by atoms with Crippen molar-refractivity contribution in [1.82, 2.24) is 5.16 Å². The number of nitrogens with one attached hydrogen (secondary N) is 1. The van der Waals surface area contributed by atoms with Crippen LogP contribution in [0.15, 0.2) is 15.4 Å². The highest BCUT2D eigenvalue weighted by Gasteiger charge is 2.00. The topological polar surface area (TPSA) is 55.2 Å². The Morgan fingerprint density at radius 1 is 1.73 bits per heavy atom. The molecular weight excluding hydrogens is 146 g/mol. The van der Waals surface area contributed by atoms with Crippen LogP contribution in [0, 0.1) is 0 Å². The lowest BCUT2D eigenvalue weighted by Gasteiger charge is -2.02. The van der Waals surface area contributed by atoms with Crippen LogP contribution < -0.4 is 5.56 Å². The van der Waals surface area contributed by atoms with Crippen molar-refractivity contribution in [2.75, 3.05) is 0 Å². The van der Waals surface area contributed by atoms with Crippen molar-refractivity contribution in [3.8, 4) is 0 Å². The summed E-state index contributed by atoms with van der Waals surface area (Å²) in [5.74, 6) is 0.531. The Morgan fingerprint density at radius 2 is 2.45 bits per heavy atom. The van der Waals surface area contributed by atoms with Gasteiger partial charge in [0.1, 0.15) is 6.61 Å². The summed E-state index contributed by atoms with van der Waals surface area (Å²) in [5.41, 5.74) is -0.229. The summed E-state index contributed by atoms with van der Waals surface area (Å²) in [6.45, 7) is 4.19. The van der Waals surface area contributed by atoms with Crippen LogP contribution in [0.5, 0.6) is 0 Å². The van der Waals surface area contributed by atoms with Crippen LogP contribution in [0.25, 0.3) is 0 Å². The first-order valence-electron chi connectivity index (χ1n) is 3.47. The fourth-order valence-corrected chi connectivity index (χ4v) is 0.641. The Labute approximate surface area is 64.1 Å². The molecule has 0 aromatic carbocycles. The normalized spacial score (nSPS) is 10.8. The SMILES string of the molecule is CC(C)OCc1cc(=O)[nH]o1. The predicted octanol–water partition coefficient (Wildman–Crippen LogP) is 0.893. The molecule has 1 N–H and O–H groups in total. The zero-order chi connectivity index (χ0) is 8.27. The van der Waals surface area contributed by atoms with Crippen molar-refractivity contribution in [3.63, 3.8) is 0 Å². The van der Waals surface area contributed by atoms with Gasteiger partial charge in [0.05, 0.1) is 6.10 Å². The lowest BCUT2D eigenvalue weighted by molar-refractivity contribution is 0.0512. The van der Waals surface area contributed by atoms with Gasteiger partial charge in [0.15, 0.2) is 5.76 Å². The molecule has 0 bridgehead atoms. The van der Waals surface area contributed by atoms with E-state index >= 15 is 0 Å². The number of rotatable bonds is 3. The lowest BCUT2D eigenvalue weighted by atomic mass is 10.4. The van der Waals surface area contributed by atoms with Crippen LogP contribution in [-0.2, 0) is 11.3 Å². The Morgan fingerprint density at radius 3 is 2.91 bits per heavy atom. The van der Waals surface area contributed by atoms with E-state index in [0.29, 0.717) is 12.4 Å². The number of hydrogen-bond donors (Lipinski definition) is 1. The maximum absolute atomic E-state index is 10.5. The molecule has 0 aliphatic rings. The number of aromatic amines is 1.